The molecule has 2 aromatic heterocycles. The first-order valence-electron chi connectivity index (χ1n) is 12.0. The third-order valence-electron chi connectivity index (χ3n) is 6.14. The van der Waals surface area contributed by atoms with Gasteiger partial charge in [-0.15, -0.1) is 0 Å². The number of benzene rings is 2. The number of carbonyl (C=O) groups excluding carboxylic acids is 2. The molecule has 1 unspecified atom stereocenters. The van der Waals surface area contributed by atoms with Crippen molar-refractivity contribution in [2.75, 3.05) is 25.0 Å². The molecule has 36 heavy (non-hydrogen) atoms. The van der Waals surface area contributed by atoms with Gasteiger partial charge in [-0.05, 0) is 44.0 Å². The smallest absolute Gasteiger partial charge is 0.290 e. The molecule has 1 atom stereocenters. The Balaban J connectivity index is 1.40. The third kappa shape index (κ3) is 5.39. The van der Waals surface area contributed by atoms with E-state index in [1.807, 2.05) is 72.3 Å². The van der Waals surface area contributed by atoms with E-state index in [0.29, 0.717) is 19.1 Å². The minimum absolute atomic E-state index is 0.101. The molecule has 8 nitrogen and oxygen atoms in total. The lowest BCUT2D eigenvalue weighted by Crippen LogP contribution is -2.42. The predicted octanol–water partition coefficient (Wildman–Crippen LogP) is 4.70. The zero-order chi connectivity index (χ0) is 24.9. The Bertz CT molecular complexity index is 1310. The summed E-state index contributed by atoms with van der Waals surface area (Å²) in [5.74, 6) is -0.137. The summed E-state index contributed by atoms with van der Waals surface area (Å²) in [6.07, 6.45) is 5.03. The van der Waals surface area contributed by atoms with Crippen LogP contribution in [0.25, 0.3) is 16.9 Å². The van der Waals surface area contributed by atoms with Crippen LogP contribution in [0, 0.1) is 6.92 Å². The number of hydrogen-bond acceptors (Lipinski definition) is 5. The fourth-order valence-corrected chi connectivity index (χ4v) is 4.27. The van der Waals surface area contributed by atoms with Gasteiger partial charge in [0.25, 0.3) is 5.91 Å². The van der Waals surface area contributed by atoms with Gasteiger partial charge in [-0.3, -0.25) is 19.5 Å². The van der Waals surface area contributed by atoms with Crippen LogP contribution < -0.4 is 5.32 Å². The molecule has 1 saturated heterocycles. The minimum Gasteiger partial charge on any atom is -0.459 e. The van der Waals surface area contributed by atoms with Gasteiger partial charge < -0.3 is 14.1 Å². The molecule has 4 aromatic rings. The highest BCUT2D eigenvalue weighted by atomic mass is 16.5. The van der Waals surface area contributed by atoms with E-state index in [-0.39, 0.29) is 30.2 Å². The van der Waals surface area contributed by atoms with Crippen LogP contribution in [-0.4, -0.2) is 52.1 Å². The van der Waals surface area contributed by atoms with Crippen molar-refractivity contribution in [3.05, 3.63) is 90.5 Å². The van der Waals surface area contributed by atoms with Crippen LogP contribution in [-0.2, 0) is 9.53 Å². The molecule has 0 bridgehead atoms. The number of amides is 2. The molecule has 0 radical (unpaired) electrons. The van der Waals surface area contributed by atoms with E-state index < -0.39 is 0 Å². The van der Waals surface area contributed by atoms with Crippen LogP contribution in [0.1, 0.15) is 29.0 Å². The molecule has 5 rings (SSSR count). The number of nitrogens with one attached hydrogen (secondary N) is 1. The van der Waals surface area contributed by atoms with Gasteiger partial charge in [0.1, 0.15) is 6.54 Å². The second-order valence-electron chi connectivity index (χ2n) is 8.87. The van der Waals surface area contributed by atoms with E-state index in [2.05, 4.69) is 5.32 Å². The number of anilines is 1. The standard InChI is InChI=1S/C28H28N4O4/c1-20-11-13-22(14-12-20)32-18-24(21-7-3-2-4-8-21)29-28(32)30-26(33)19-31(17-23-9-5-15-35-23)27(34)25-10-6-16-36-25/h2-4,6-8,10-14,16,18,23H,5,9,15,17,19H2,1H3,(H,29,30,33). The van der Waals surface area contributed by atoms with E-state index in [9.17, 15) is 9.59 Å². The summed E-state index contributed by atoms with van der Waals surface area (Å²) in [7, 11) is 0. The summed E-state index contributed by atoms with van der Waals surface area (Å²) in [6.45, 7) is 2.85. The van der Waals surface area contributed by atoms with Crippen molar-refractivity contribution in [2.24, 2.45) is 0 Å². The molecule has 1 fully saturated rings. The van der Waals surface area contributed by atoms with E-state index >= 15 is 0 Å². The van der Waals surface area contributed by atoms with Gasteiger partial charge in [0.2, 0.25) is 11.9 Å². The first kappa shape index (κ1) is 23.6. The second kappa shape index (κ2) is 10.6. The molecule has 0 spiro atoms. The highest BCUT2D eigenvalue weighted by Gasteiger charge is 2.27. The molecule has 0 aliphatic carbocycles. The average molecular weight is 485 g/mol. The molecule has 2 amide bonds. The number of rotatable bonds is 8. The van der Waals surface area contributed by atoms with Crippen molar-refractivity contribution in [2.45, 2.75) is 25.9 Å². The number of furan rings is 1. The van der Waals surface area contributed by atoms with E-state index in [1.54, 1.807) is 12.1 Å². The first-order valence-corrected chi connectivity index (χ1v) is 12.0. The van der Waals surface area contributed by atoms with Crippen LogP contribution in [0.2, 0.25) is 0 Å². The summed E-state index contributed by atoms with van der Waals surface area (Å²) in [5, 5.41) is 2.92. The zero-order valence-corrected chi connectivity index (χ0v) is 20.1. The Morgan fingerprint density at radius 1 is 1.08 bits per heavy atom. The maximum atomic E-state index is 13.2. The fraction of sp³-hybridized carbons (Fsp3) is 0.250. The average Bonchev–Trinajstić information content (AvgIpc) is 3.67. The molecule has 2 aromatic carbocycles. The minimum atomic E-state index is -0.355. The van der Waals surface area contributed by atoms with Gasteiger partial charge in [-0.1, -0.05) is 48.0 Å². The van der Waals surface area contributed by atoms with Crippen LogP contribution in [0.3, 0.4) is 0 Å². The van der Waals surface area contributed by atoms with Gasteiger partial charge in [0.15, 0.2) is 5.76 Å². The zero-order valence-electron chi connectivity index (χ0n) is 20.1. The van der Waals surface area contributed by atoms with Gasteiger partial charge in [-0.2, -0.15) is 0 Å². The number of imidazole rings is 1. The first-order chi connectivity index (χ1) is 17.6. The van der Waals surface area contributed by atoms with E-state index in [4.69, 9.17) is 14.1 Å². The second-order valence-corrected chi connectivity index (χ2v) is 8.87. The Morgan fingerprint density at radius 2 is 1.89 bits per heavy atom. The summed E-state index contributed by atoms with van der Waals surface area (Å²) in [5.41, 5.74) is 3.67. The van der Waals surface area contributed by atoms with Crippen molar-refractivity contribution in [1.29, 1.82) is 0 Å². The third-order valence-corrected chi connectivity index (χ3v) is 6.14. The summed E-state index contributed by atoms with van der Waals surface area (Å²) >= 11 is 0. The highest BCUT2D eigenvalue weighted by molar-refractivity contribution is 5.97. The number of carbonyl (C=O) groups is 2. The Morgan fingerprint density at radius 3 is 2.58 bits per heavy atom. The summed E-state index contributed by atoms with van der Waals surface area (Å²) < 4.78 is 12.9. The lowest BCUT2D eigenvalue weighted by atomic mass is 10.2. The quantitative estimate of drug-likeness (QED) is 0.392. The Labute approximate surface area is 209 Å². The van der Waals surface area contributed by atoms with E-state index in [0.717, 1.165) is 35.3 Å². The molecule has 1 aliphatic rings. The maximum absolute atomic E-state index is 13.2. The highest BCUT2D eigenvalue weighted by Crippen LogP contribution is 2.25. The summed E-state index contributed by atoms with van der Waals surface area (Å²) in [6, 6.07) is 21.0. The lowest BCUT2D eigenvalue weighted by Gasteiger charge is -2.24. The molecular formula is C28H28N4O4. The molecule has 8 heteroatoms. The van der Waals surface area contributed by atoms with Crippen LogP contribution in [0.5, 0.6) is 0 Å². The molecular weight excluding hydrogens is 456 g/mol. The molecule has 1 N–H and O–H groups in total. The lowest BCUT2D eigenvalue weighted by molar-refractivity contribution is -0.117. The molecule has 3 heterocycles. The van der Waals surface area contributed by atoms with Crippen LogP contribution in [0.4, 0.5) is 5.95 Å². The topological polar surface area (TPSA) is 89.6 Å². The number of nitrogens with zero attached hydrogens (tertiary/aromatic N) is 3. The van der Waals surface area contributed by atoms with Crippen molar-refractivity contribution >= 4 is 17.8 Å². The van der Waals surface area contributed by atoms with E-state index in [1.165, 1.54) is 11.2 Å². The van der Waals surface area contributed by atoms with Crippen molar-refractivity contribution in [1.82, 2.24) is 14.5 Å². The van der Waals surface area contributed by atoms with Gasteiger partial charge in [0.05, 0.1) is 18.1 Å². The molecule has 184 valence electrons. The molecule has 0 saturated carbocycles. The number of aryl methyl sites for hydroxylation is 1. The van der Waals surface area contributed by atoms with Crippen molar-refractivity contribution in [3.8, 4) is 16.9 Å². The fourth-order valence-electron chi connectivity index (χ4n) is 4.27. The SMILES string of the molecule is Cc1ccc(-n2cc(-c3ccccc3)nc2NC(=O)CN(CC2CCCO2)C(=O)c2ccco2)cc1. The summed E-state index contributed by atoms with van der Waals surface area (Å²) in [4.78, 5) is 32.5. The number of hydrogen-bond donors (Lipinski definition) is 1. The number of ether oxygens (including phenoxy) is 1. The van der Waals surface area contributed by atoms with Crippen LogP contribution >= 0.6 is 0 Å². The maximum Gasteiger partial charge on any atom is 0.290 e. The molecule has 1 aliphatic heterocycles. The Kier molecular flexibility index (Phi) is 6.95. The number of aromatic nitrogens is 2. The monoisotopic (exact) mass is 484 g/mol. The van der Waals surface area contributed by atoms with Crippen LogP contribution in [0.15, 0.2) is 83.6 Å². The van der Waals surface area contributed by atoms with Crippen molar-refractivity contribution < 1.29 is 18.7 Å². The van der Waals surface area contributed by atoms with Gasteiger partial charge in [0, 0.05) is 30.6 Å². The normalized spacial score (nSPS) is 15.1. The van der Waals surface area contributed by atoms with Gasteiger partial charge in [-0.25, -0.2) is 4.98 Å². The Hall–Kier alpha value is -4.17. The predicted molar refractivity (Wildman–Crippen MR) is 136 cm³/mol. The van der Waals surface area contributed by atoms with Crippen molar-refractivity contribution in [3.63, 3.8) is 0 Å². The largest absolute Gasteiger partial charge is 0.459 e. The van der Waals surface area contributed by atoms with Gasteiger partial charge >= 0.3 is 0 Å².